The van der Waals surface area contributed by atoms with Gasteiger partial charge in [0.25, 0.3) is 5.91 Å². The second-order valence-electron chi connectivity index (χ2n) is 6.89. The van der Waals surface area contributed by atoms with Crippen LogP contribution in [0.15, 0.2) is 82.8 Å². The molecule has 0 fully saturated rings. The van der Waals surface area contributed by atoms with Crippen LogP contribution in [0.5, 0.6) is 5.75 Å². The van der Waals surface area contributed by atoms with Crippen LogP contribution in [0.4, 0.5) is 11.4 Å². The maximum atomic E-state index is 12.5. The number of ether oxygens (including phenoxy) is 1. The van der Waals surface area contributed by atoms with Gasteiger partial charge in [-0.2, -0.15) is 0 Å². The van der Waals surface area contributed by atoms with E-state index in [1.807, 2.05) is 28.8 Å². The minimum atomic E-state index is -0.274. The lowest BCUT2D eigenvalue weighted by atomic mass is 10.2. The molecule has 2 N–H and O–H groups in total. The Hall–Kier alpha value is -4.05. The number of hydrogen-bond donors (Lipinski definition) is 2. The second kappa shape index (κ2) is 10.5. The van der Waals surface area contributed by atoms with Crippen LogP contribution in [0.3, 0.4) is 0 Å². The van der Waals surface area contributed by atoms with E-state index in [9.17, 15) is 9.59 Å². The molecule has 0 aliphatic heterocycles. The number of anilines is 2. The molecule has 0 radical (unpaired) electrons. The highest BCUT2D eigenvalue weighted by Gasteiger charge is 2.12. The number of amides is 2. The summed E-state index contributed by atoms with van der Waals surface area (Å²) in [5.74, 6) is 1.04. The van der Waals surface area contributed by atoms with Crippen LogP contribution in [0, 0.1) is 0 Å². The van der Waals surface area contributed by atoms with Gasteiger partial charge in [0.1, 0.15) is 17.8 Å². The number of benzene rings is 2. The molecule has 2 aromatic carbocycles. The third-order valence-electron chi connectivity index (χ3n) is 4.60. The Kier molecular flexibility index (Phi) is 7.06. The maximum absolute atomic E-state index is 12.5. The summed E-state index contributed by atoms with van der Waals surface area (Å²) < 4.78 is 12.4. The Morgan fingerprint density at radius 1 is 1.06 bits per heavy atom. The normalized spacial score (nSPS) is 10.6. The molecule has 0 aliphatic rings. The van der Waals surface area contributed by atoms with Crippen molar-refractivity contribution in [2.75, 3.05) is 23.5 Å². The van der Waals surface area contributed by atoms with Gasteiger partial charge < -0.3 is 24.4 Å². The van der Waals surface area contributed by atoms with E-state index in [4.69, 9.17) is 9.15 Å². The van der Waals surface area contributed by atoms with Crippen LogP contribution < -0.4 is 15.4 Å². The maximum Gasteiger partial charge on any atom is 0.255 e. The molecule has 168 valence electrons. The minimum Gasteiger partial charge on any atom is -0.495 e. The average Bonchev–Trinajstić information content (AvgIpc) is 3.51. The first-order chi connectivity index (χ1) is 16.1. The summed E-state index contributed by atoms with van der Waals surface area (Å²) in [6, 6.07) is 17.5. The molecular weight excluding hydrogens is 442 g/mol. The molecule has 4 rings (SSSR count). The van der Waals surface area contributed by atoms with Gasteiger partial charge in [0, 0.05) is 11.3 Å². The molecular formula is C23H21N5O4S. The van der Waals surface area contributed by atoms with Gasteiger partial charge in [-0.25, -0.2) is 0 Å². The summed E-state index contributed by atoms with van der Waals surface area (Å²) >= 11 is 1.28. The van der Waals surface area contributed by atoms with Gasteiger partial charge >= 0.3 is 0 Å². The molecule has 0 unspecified atom stereocenters. The number of furan rings is 1. The zero-order valence-electron chi connectivity index (χ0n) is 17.7. The van der Waals surface area contributed by atoms with Crippen molar-refractivity contribution >= 4 is 35.0 Å². The molecule has 0 bridgehead atoms. The van der Waals surface area contributed by atoms with Crippen LogP contribution in [0.25, 0.3) is 0 Å². The van der Waals surface area contributed by atoms with Crippen LogP contribution in [-0.2, 0) is 11.3 Å². The van der Waals surface area contributed by atoms with E-state index < -0.39 is 0 Å². The standard InChI is InChI=1S/C23H21N5O4S/c1-31-20-7-3-2-6-19(20)26-22(30)16-8-10-17(11-9-16)25-21(29)14-33-23-27-24-15-28(23)13-18-5-4-12-32-18/h2-12,15H,13-14H2,1H3,(H,25,29)(H,26,30). The smallest absolute Gasteiger partial charge is 0.255 e. The van der Waals surface area contributed by atoms with Crippen molar-refractivity contribution in [2.45, 2.75) is 11.7 Å². The van der Waals surface area contributed by atoms with Crippen LogP contribution >= 0.6 is 11.8 Å². The van der Waals surface area contributed by atoms with Crippen LogP contribution in [-0.4, -0.2) is 39.4 Å². The topological polar surface area (TPSA) is 111 Å². The van der Waals surface area contributed by atoms with Crippen LogP contribution in [0.1, 0.15) is 16.1 Å². The van der Waals surface area contributed by atoms with Crippen molar-refractivity contribution < 1.29 is 18.7 Å². The Labute approximate surface area is 194 Å². The molecule has 0 saturated carbocycles. The van der Waals surface area contributed by atoms with Gasteiger partial charge in [-0.05, 0) is 48.5 Å². The van der Waals surface area contributed by atoms with E-state index in [1.165, 1.54) is 11.8 Å². The number of rotatable bonds is 9. The SMILES string of the molecule is COc1ccccc1NC(=O)c1ccc(NC(=O)CSc2nncn2Cc2ccco2)cc1. The van der Waals surface area contributed by atoms with Gasteiger partial charge in [-0.3, -0.25) is 9.59 Å². The van der Waals surface area contributed by atoms with Gasteiger partial charge in [0.15, 0.2) is 5.16 Å². The van der Waals surface area contributed by atoms with Crippen molar-refractivity contribution in [1.29, 1.82) is 0 Å². The lowest BCUT2D eigenvalue weighted by Gasteiger charge is -2.10. The van der Waals surface area contributed by atoms with Gasteiger partial charge in [-0.15, -0.1) is 10.2 Å². The highest BCUT2D eigenvalue weighted by atomic mass is 32.2. The fourth-order valence-corrected chi connectivity index (χ4v) is 3.72. The van der Waals surface area contributed by atoms with E-state index in [2.05, 4.69) is 20.8 Å². The summed E-state index contributed by atoms with van der Waals surface area (Å²) in [4.78, 5) is 24.9. The molecule has 33 heavy (non-hydrogen) atoms. The molecule has 2 aromatic heterocycles. The Bertz CT molecular complexity index is 1220. The molecule has 9 nitrogen and oxygen atoms in total. The molecule has 10 heteroatoms. The molecule has 2 amide bonds. The summed E-state index contributed by atoms with van der Waals surface area (Å²) in [5.41, 5.74) is 1.63. The lowest BCUT2D eigenvalue weighted by molar-refractivity contribution is -0.113. The van der Waals surface area contributed by atoms with Crippen molar-refractivity contribution in [1.82, 2.24) is 14.8 Å². The molecule has 2 heterocycles. The Morgan fingerprint density at radius 3 is 2.64 bits per heavy atom. The fourth-order valence-electron chi connectivity index (χ4n) is 3.01. The quantitative estimate of drug-likeness (QED) is 0.362. The summed E-state index contributed by atoms with van der Waals surface area (Å²) in [6.45, 7) is 0.488. The first-order valence-electron chi connectivity index (χ1n) is 9.99. The van der Waals surface area contributed by atoms with Crippen LogP contribution in [0.2, 0.25) is 0 Å². The van der Waals surface area contributed by atoms with E-state index in [0.717, 1.165) is 5.76 Å². The second-order valence-corrected chi connectivity index (χ2v) is 7.83. The van der Waals surface area contributed by atoms with E-state index in [0.29, 0.717) is 34.4 Å². The zero-order chi connectivity index (χ0) is 23.0. The minimum absolute atomic E-state index is 0.160. The fraction of sp³-hybridized carbons (Fsp3) is 0.130. The summed E-state index contributed by atoms with van der Waals surface area (Å²) in [5, 5.41) is 14.2. The number of hydrogen-bond acceptors (Lipinski definition) is 7. The van der Waals surface area contributed by atoms with E-state index >= 15 is 0 Å². The summed E-state index contributed by atoms with van der Waals surface area (Å²) in [6.07, 6.45) is 3.20. The highest BCUT2D eigenvalue weighted by Crippen LogP contribution is 2.24. The number of aromatic nitrogens is 3. The molecule has 4 aromatic rings. The van der Waals surface area contributed by atoms with Crippen molar-refractivity contribution in [2.24, 2.45) is 0 Å². The first-order valence-corrected chi connectivity index (χ1v) is 11.0. The predicted molar refractivity (Wildman–Crippen MR) is 125 cm³/mol. The molecule has 0 atom stereocenters. The van der Waals surface area contributed by atoms with Gasteiger partial charge in [-0.1, -0.05) is 23.9 Å². The van der Waals surface area contributed by atoms with Gasteiger partial charge in [0.05, 0.1) is 31.4 Å². The number of carbonyl (C=O) groups excluding carboxylic acids is 2. The lowest BCUT2D eigenvalue weighted by Crippen LogP contribution is -2.15. The zero-order valence-corrected chi connectivity index (χ0v) is 18.5. The van der Waals surface area contributed by atoms with E-state index in [1.54, 1.807) is 56.1 Å². The number of carbonyl (C=O) groups is 2. The predicted octanol–water partition coefficient (Wildman–Crippen LogP) is 3.91. The first kappa shape index (κ1) is 22.2. The van der Waals surface area contributed by atoms with Gasteiger partial charge in [0.2, 0.25) is 5.91 Å². The molecule has 0 spiro atoms. The number of para-hydroxylation sites is 2. The Balaban J connectivity index is 1.30. The average molecular weight is 464 g/mol. The number of thioether (sulfide) groups is 1. The van der Waals surface area contributed by atoms with E-state index in [-0.39, 0.29) is 17.6 Å². The highest BCUT2D eigenvalue weighted by molar-refractivity contribution is 7.99. The molecule has 0 aliphatic carbocycles. The number of methoxy groups -OCH3 is 1. The van der Waals surface area contributed by atoms with Crippen molar-refractivity contribution in [3.8, 4) is 5.75 Å². The molecule has 0 saturated heterocycles. The third kappa shape index (κ3) is 5.80. The summed E-state index contributed by atoms with van der Waals surface area (Å²) in [7, 11) is 1.55. The monoisotopic (exact) mass is 463 g/mol. The number of nitrogens with zero attached hydrogens (tertiary/aromatic N) is 3. The van der Waals surface area contributed by atoms with Crippen molar-refractivity contribution in [3.05, 3.63) is 84.6 Å². The largest absolute Gasteiger partial charge is 0.495 e. The third-order valence-corrected chi connectivity index (χ3v) is 5.59. The Morgan fingerprint density at radius 2 is 1.88 bits per heavy atom. The van der Waals surface area contributed by atoms with Crippen molar-refractivity contribution in [3.63, 3.8) is 0 Å². The number of nitrogens with one attached hydrogen (secondary N) is 2.